The zero-order valence-corrected chi connectivity index (χ0v) is 14.0. The summed E-state index contributed by atoms with van der Waals surface area (Å²) in [6, 6.07) is 2.15. The highest BCUT2D eigenvalue weighted by molar-refractivity contribution is 7.98. The van der Waals surface area contributed by atoms with Gasteiger partial charge in [-0.15, -0.1) is 0 Å². The van der Waals surface area contributed by atoms with E-state index < -0.39 is 0 Å². The molecule has 1 saturated heterocycles. The van der Waals surface area contributed by atoms with Gasteiger partial charge >= 0.3 is 0 Å². The first-order chi connectivity index (χ1) is 9.74. The van der Waals surface area contributed by atoms with Crippen LogP contribution in [-0.4, -0.2) is 60.6 Å². The Balaban J connectivity index is 1.78. The minimum Gasteiger partial charge on any atom is -0.357 e. The number of nitrogens with one attached hydrogen (secondary N) is 2. The van der Waals surface area contributed by atoms with Crippen molar-refractivity contribution in [3.05, 3.63) is 0 Å². The van der Waals surface area contributed by atoms with Crippen LogP contribution in [0.2, 0.25) is 0 Å². The van der Waals surface area contributed by atoms with E-state index in [2.05, 4.69) is 40.6 Å². The van der Waals surface area contributed by atoms with Gasteiger partial charge in [-0.1, -0.05) is 0 Å². The average molecular weight is 299 g/mol. The van der Waals surface area contributed by atoms with Crippen LogP contribution in [0, 0.1) is 0 Å². The van der Waals surface area contributed by atoms with Crippen LogP contribution in [0.1, 0.15) is 39.5 Å². The first kappa shape index (κ1) is 16.0. The molecule has 0 aromatic heterocycles. The van der Waals surface area contributed by atoms with E-state index in [1.54, 1.807) is 0 Å². The fourth-order valence-electron chi connectivity index (χ4n) is 2.99. The Hall–Kier alpha value is -0.420. The molecule has 116 valence electrons. The van der Waals surface area contributed by atoms with Gasteiger partial charge in [-0.3, -0.25) is 9.89 Å². The van der Waals surface area contributed by atoms with Crippen molar-refractivity contribution in [3.63, 3.8) is 0 Å². The lowest BCUT2D eigenvalue weighted by Crippen LogP contribution is -2.44. The van der Waals surface area contributed by atoms with Crippen LogP contribution < -0.4 is 10.6 Å². The molecule has 1 aliphatic carbocycles. The van der Waals surface area contributed by atoms with Gasteiger partial charge in [0.1, 0.15) is 0 Å². The summed E-state index contributed by atoms with van der Waals surface area (Å²) < 4.78 is 0. The molecule has 1 aliphatic heterocycles. The van der Waals surface area contributed by atoms with E-state index in [9.17, 15) is 0 Å². The number of thioether (sulfide) groups is 1. The third-order valence-electron chi connectivity index (χ3n) is 4.10. The Bertz CT molecular complexity index is 317. The van der Waals surface area contributed by atoms with Crippen LogP contribution in [0.4, 0.5) is 0 Å². The lowest BCUT2D eigenvalue weighted by atomic mass is 10.2. The minimum absolute atomic E-state index is 0.559. The summed E-state index contributed by atoms with van der Waals surface area (Å²) in [4.78, 5) is 7.36. The molecule has 2 aliphatic rings. The van der Waals surface area contributed by atoms with Crippen molar-refractivity contribution in [3.8, 4) is 0 Å². The van der Waals surface area contributed by atoms with Crippen LogP contribution in [0.5, 0.6) is 0 Å². The maximum atomic E-state index is 4.69. The molecule has 20 heavy (non-hydrogen) atoms. The summed E-state index contributed by atoms with van der Waals surface area (Å²) in [5.74, 6) is 2.20. The number of hydrogen-bond acceptors (Lipinski definition) is 3. The molecule has 4 nitrogen and oxygen atoms in total. The van der Waals surface area contributed by atoms with Crippen molar-refractivity contribution < 1.29 is 0 Å². The second-order valence-electron chi connectivity index (χ2n) is 5.96. The minimum atomic E-state index is 0.559. The first-order valence-corrected chi connectivity index (χ1v) is 9.43. The molecule has 0 aromatic carbocycles. The highest BCUT2D eigenvalue weighted by Gasteiger charge is 2.38. The largest absolute Gasteiger partial charge is 0.357 e. The van der Waals surface area contributed by atoms with Crippen LogP contribution in [0.25, 0.3) is 0 Å². The maximum absolute atomic E-state index is 4.69. The van der Waals surface area contributed by atoms with Crippen LogP contribution in [-0.2, 0) is 0 Å². The summed E-state index contributed by atoms with van der Waals surface area (Å²) in [6.45, 7) is 7.53. The Morgan fingerprint density at radius 3 is 2.85 bits per heavy atom. The lowest BCUT2D eigenvalue weighted by molar-refractivity contribution is 0.256. The Kier molecular flexibility index (Phi) is 6.49. The number of nitrogens with zero attached hydrogens (tertiary/aromatic N) is 2. The molecule has 0 amide bonds. The molecule has 5 heteroatoms. The molecule has 2 atom stereocenters. The zero-order valence-electron chi connectivity index (χ0n) is 13.2. The fourth-order valence-corrected chi connectivity index (χ4v) is 3.41. The average Bonchev–Trinajstić information content (AvgIpc) is 3.20. The molecule has 2 unspecified atom stereocenters. The molecule has 1 heterocycles. The number of guanidine groups is 1. The molecule has 0 spiro atoms. The second-order valence-corrected chi connectivity index (χ2v) is 6.95. The number of aliphatic imine (C=N–C) groups is 1. The molecular formula is C15H30N4S. The lowest BCUT2D eigenvalue weighted by Gasteiger charge is -2.20. The van der Waals surface area contributed by atoms with E-state index in [0.29, 0.717) is 6.04 Å². The van der Waals surface area contributed by atoms with Gasteiger partial charge < -0.3 is 10.6 Å². The van der Waals surface area contributed by atoms with Gasteiger partial charge in [0, 0.05) is 37.8 Å². The predicted octanol–water partition coefficient (Wildman–Crippen LogP) is 1.92. The van der Waals surface area contributed by atoms with E-state index in [1.165, 1.54) is 31.6 Å². The van der Waals surface area contributed by atoms with Crippen molar-refractivity contribution in [1.82, 2.24) is 15.5 Å². The molecule has 1 saturated carbocycles. The van der Waals surface area contributed by atoms with E-state index in [1.807, 2.05) is 11.8 Å². The maximum Gasteiger partial charge on any atom is 0.191 e. The van der Waals surface area contributed by atoms with Crippen LogP contribution in [0.3, 0.4) is 0 Å². The second kappa shape index (κ2) is 8.13. The third kappa shape index (κ3) is 4.85. The van der Waals surface area contributed by atoms with Crippen LogP contribution in [0.15, 0.2) is 4.99 Å². The highest BCUT2D eigenvalue weighted by Crippen LogP contribution is 2.33. The molecule has 2 fully saturated rings. The van der Waals surface area contributed by atoms with Gasteiger partial charge in [-0.05, 0) is 51.5 Å². The molecule has 0 aromatic rings. The van der Waals surface area contributed by atoms with Crippen LogP contribution >= 0.6 is 11.8 Å². The quantitative estimate of drug-likeness (QED) is 0.428. The van der Waals surface area contributed by atoms with E-state index in [-0.39, 0.29) is 0 Å². The molecular weight excluding hydrogens is 268 g/mol. The SMILES string of the molecule is CCNC(=NCCCSC)NC1CC(C)N(C2CC2)C1. The standard InChI is InChI=1S/C15H30N4S/c1-4-16-15(17-8-5-9-20-3)18-13-10-12(2)19(11-13)14-6-7-14/h12-14H,4-11H2,1-3H3,(H2,16,17,18). The highest BCUT2D eigenvalue weighted by atomic mass is 32.2. The van der Waals surface area contributed by atoms with E-state index in [4.69, 9.17) is 0 Å². The van der Waals surface area contributed by atoms with Crippen molar-refractivity contribution in [2.75, 3.05) is 31.6 Å². The van der Waals surface area contributed by atoms with Gasteiger partial charge in [-0.2, -0.15) is 11.8 Å². The van der Waals surface area contributed by atoms with Crippen molar-refractivity contribution in [2.24, 2.45) is 4.99 Å². The Morgan fingerprint density at radius 2 is 2.20 bits per heavy atom. The summed E-state index contributed by atoms with van der Waals surface area (Å²) in [5.41, 5.74) is 0. The molecule has 2 rings (SSSR count). The Morgan fingerprint density at radius 1 is 1.40 bits per heavy atom. The van der Waals surface area contributed by atoms with Gasteiger partial charge in [-0.25, -0.2) is 0 Å². The summed E-state index contributed by atoms with van der Waals surface area (Å²) >= 11 is 1.89. The van der Waals surface area contributed by atoms with Crippen molar-refractivity contribution in [2.45, 2.75) is 57.7 Å². The summed E-state index contributed by atoms with van der Waals surface area (Å²) in [7, 11) is 0. The normalized spacial score (nSPS) is 27.9. The van der Waals surface area contributed by atoms with Gasteiger partial charge in [0.2, 0.25) is 0 Å². The summed E-state index contributed by atoms with van der Waals surface area (Å²) in [6.07, 6.45) is 7.36. The first-order valence-electron chi connectivity index (χ1n) is 8.04. The summed E-state index contributed by atoms with van der Waals surface area (Å²) in [5, 5.41) is 7.00. The van der Waals surface area contributed by atoms with Gasteiger partial charge in [0.25, 0.3) is 0 Å². The third-order valence-corrected chi connectivity index (χ3v) is 4.80. The monoisotopic (exact) mass is 298 g/mol. The van der Waals surface area contributed by atoms with E-state index in [0.717, 1.165) is 37.6 Å². The molecule has 2 N–H and O–H groups in total. The fraction of sp³-hybridized carbons (Fsp3) is 0.933. The van der Waals surface area contributed by atoms with Gasteiger partial charge in [0.15, 0.2) is 5.96 Å². The van der Waals surface area contributed by atoms with E-state index >= 15 is 0 Å². The Labute approximate surface area is 128 Å². The molecule has 0 bridgehead atoms. The topological polar surface area (TPSA) is 39.7 Å². The number of hydrogen-bond donors (Lipinski definition) is 2. The van der Waals surface area contributed by atoms with Crippen molar-refractivity contribution in [1.29, 1.82) is 0 Å². The van der Waals surface area contributed by atoms with Crippen molar-refractivity contribution >= 4 is 17.7 Å². The zero-order chi connectivity index (χ0) is 14.4. The number of rotatable bonds is 7. The smallest absolute Gasteiger partial charge is 0.191 e. The molecule has 0 radical (unpaired) electrons. The predicted molar refractivity (Wildman–Crippen MR) is 89.7 cm³/mol. The van der Waals surface area contributed by atoms with Gasteiger partial charge in [0.05, 0.1) is 0 Å². The number of likely N-dealkylation sites (tertiary alicyclic amines) is 1.